The number of rotatable bonds is 4. The van der Waals surface area contributed by atoms with Crippen molar-refractivity contribution in [2.45, 2.75) is 26.3 Å². The maximum Gasteiger partial charge on any atom is 0.0669 e. The van der Waals surface area contributed by atoms with E-state index in [0.29, 0.717) is 6.42 Å². The third-order valence-corrected chi connectivity index (χ3v) is 2.30. The van der Waals surface area contributed by atoms with Gasteiger partial charge in [-0.3, -0.25) is 0 Å². The lowest BCUT2D eigenvalue weighted by atomic mass is 10.0. The number of hydrogen-bond acceptors (Lipinski definition) is 2. The molecule has 0 spiro atoms. The maximum absolute atomic E-state index is 8.70. The molecular formula is C13H18N2. The van der Waals surface area contributed by atoms with Crippen molar-refractivity contribution >= 4 is 0 Å². The third kappa shape index (κ3) is 3.73. The zero-order chi connectivity index (χ0) is 11.3. The Hall–Kier alpha value is -1.33. The van der Waals surface area contributed by atoms with E-state index in [1.807, 2.05) is 0 Å². The van der Waals surface area contributed by atoms with Crippen molar-refractivity contribution in [3.8, 4) is 6.07 Å². The van der Waals surface area contributed by atoms with E-state index < -0.39 is 0 Å². The van der Waals surface area contributed by atoms with Crippen LogP contribution in [0.4, 0.5) is 0 Å². The number of nitriles is 1. The summed E-state index contributed by atoms with van der Waals surface area (Å²) in [7, 11) is 4.12. The molecule has 2 heteroatoms. The predicted molar refractivity (Wildman–Crippen MR) is 62.5 cm³/mol. The van der Waals surface area contributed by atoms with Crippen molar-refractivity contribution in [2.24, 2.45) is 0 Å². The Morgan fingerprint density at radius 2 is 1.73 bits per heavy atom. The van der Waals surface area contributed by atoms with Gasteiger partial charge in [-0.2, -0.15) is 5.26 Å². The highest BCUT2D eigenvalue weighted by atomic mass is 15.0. The van der Waals surface area contributed by atoms with Crippen LogP contribution in [0.3, 0.4) is 0 Å². The number of nitrogens with zero attached hydrogens (tertiary/aromatic N) is 2. The summed E-state index contributed by atoms with van der Waals surface area (Å²) in [5.74, 6) is 0. The molecule has 0 heterocycles. The SMILES string of the molecule is CCc1cc(CC#N)cc(CN(C)C)c1. The van der Waals surface area contributed by atoms with Crippen LogP contribution in [-0.2, 0) is 19.4 Å². The molecule has 0 fully saturated rings. The van der Waals surface area contributed by atoms with Crippen LogP contribution in [0, 0.1) is 11.3 Å². The van der Waals surface area contributed by atoms with E-state index in [-0.39, 0.29) is 0 Å². The minimum atomic E-state index is 0.508. The summed E-state index contributed by atoms with van der Waals surface area (Å²) >= 11 is 0. The summed E-state index contributed by atoms with van der Waals surface area (Å²) in [4.78, 5) is 2.14. The molecular weight excluding hydrogens is 184 g/mol. The lowest BCUT2D eigenvalue weighted by Gasteiger charge is -2.12. The molecule has 0 aliphatic rings. The van der Waals surface area contributed by atoms with Gasteiger partial charge in [-0.25, -0.2) is 0 Å². The summed E-state index contributed by atoms with van der Waals surface area (Å²) in [5.41, 5.74) is 3.75. The van der Waals surface area contributed by atoms with Crippen molar-refractivity contribution < 1.29 is 0 Å². The number of aryl methyl sites for hydroxylation is 1. The molecule has 80 valence electrons. The molecule has 1 rings (SSSR count). The highest BCUT2D eigenvalue weighted by molar-refractivity contribution is 5.31. The van der Waals surface area contributed by atoms with E-state index in [4.69, 9.17) is 5.26 Å². The molecule has 0 aromatic heterocycles. The Bertz CT molecular complexity index is 361. The minimum absolute atomic E-state index is 0.508. The van der Waals surface area contributed by atoms with E-state index in [1.54, 1.807) is 0 Å². The first-order valence-electron chi connectivity index (χ1n) is 5.29. The molecule has 0 radical (unpaired) electrons. The molecule has 0 bridgehead atoms. The first kappa shape index (κ1) is 11.7. The summed E-state index contributed by atoms with van der Waals surface area (Å²) < 4.78 is 0. The van der Waals surface area contributed by atoms with E-state index in [9.17, 15) is 0 Å². The number of benzene rings is 1. The van der Waals surface area contributed by atoms with Crippen molar-refractivity contribution in [3.05, 3.63) is 34.9 Å². The predicted octanol–water partition coefficient (Wildman–Crippen LogP) is 2.38. The van der Waals surface area contributed by atoms with Crippen LogP contribution in [0.25, 0.3) is 0 Å². The molecule has 0 atom stereocenters. The zero-order valence-corrected chi connectivity index (χ0v) is 9.75. The van der Waals surface area contributed by atoms with Gasteiger partial charge in [0.15, 0.2) is 0 Å². The van der Waals surface area contributed by atoms with Gasteiger partial charge in [-0.1, -0.05) is 25.1 Å². The van der Waals surface area contributed by atoms with Gasteiger partial charge in [-0.15, -0.1) is 0 Å². The standard InChI is InChI=1S/C13H18N2/c1-4-11-7-12(5-6-14)9-13(8-11)10-15(2)3/h7-9H,4-5,10H2,1-3H3. The summed E-state index contributed by atoms with van der Waals surface area (Å²) in [6, 6.07) is 8.68. The van der Waals surface area contributed by atoms with Crippen LogP contribution in [0.15, 0.2) is 18.2 Å². The second-order valence-electron chi connectivity index (χ2n) is 4.08. The fourth-order valence-corrected chi connectivity index (χ4v) is 1.69. The molecule has 0 aliphatic carbocycles. The maximum atomic E-state index is 8.70. The van der Waals surface area contributed by atoms with Gasteiger partial charge in [0.25, 0.3) is 0 Å². The molecule has 1 aromatic carbocycles. The average Bonchev–Trinajstić information content (AvgIpc) is 2.16. The van der Waals surface area contributed by atoms with E-state index >= 15 is 0 Å². The molecule has 0 saturated heterocycles. The lowest BCUT2D eigenvalue weighted by Crippen LogP contribution is -2.11. The Morgan fingerprint density at radius 3 is 2.27 bits per heavy atom. The van der Waals surface area contributed by atoms with Gasteiger partial charge in [0, 0.05) is 6.54 Å². The molecule has 0 amide bonds. The first-order chi connectivity index (χ1) is 7.15. The van der Waals surface area contributed by atoms with Crippen molar-refractivity contribution in [1.29, 1.82) is 5.26 Å². The van der Waals surface area contributed by atoms with Crippen LogP contribution < -0.4 is 0 Å². The fraction of sp³-hybridized carbons (Fsp3) is 0.462. The van der Waals surface area contributed by atoms with Gasteiger partial charge in [0.2, 0.25) is 0 Å². The van der Waals surface area contributed by atoms with E-state index in [0.717, 1.165) is 18.5 Å². The highest BCUT2D eigenvalue weighted by Gasteiger charge is 2.01. The zero-order valence-electron chi connectivity index (χ0n) is 9.75. The largest absolute Gasteiger partial charge is 0.305 e. The van der Waals surface area contributed by atoms with Gasteiger partial charge in [-0.05, 0) is 37.2 Å². The monoisotopic (exact) mass is 202 g/mol. The van der Waals surface area contributed by atoms with Crippen molar-refractivity contribution in [1.82, 2.24) is 4.90 Å². The van der Waals surface area contributed by atoms with Crippen LogP contribution in [-0.4, -0.2) is 19.0 Å². The molecule has 1 aromatic rings. The molecule has 2 nitrogen and oxygen atoms in total. The normalized spacial score (nSPS) is 10.3. The Morgan fingerprint density at radius 1 is 1.13 bits per heavy atom. The van der Waals surface area contributed by atoms with E-state index in [2.05, 4.69) is 50.2 Å². The quantitative estimate of drug-likeness (QED) is 0.749. The van der Waals surface area contributed by atoms with Crippen LogP contribution in [0.1, 0.15) is 23.6 Å². The lowest BCUT2D eigenvalue weighted by molar-refractivity contribution is 0.402. The van der Waals surface area contributed by atoms with Gasteiger partial charge < -0.3 is 4.90 Å². The summed E-state index contributed by atoms with van der Waals surface area (Å²) in [5, 5.41) is 8.70. The van der Waals surface area contributed by atoms with E-state index in [1.165, 1.54) is 11.1 Å². The fourth-order valence-electron chi connectivity index (χ4n) is 1.69. The number of hydrogen-bond donors (Lipinski definition) is 0. The second kappa shape index (κ2) is 5.53. The molecule has 0 saturated carbocycles. The second-order valence-corrected chi connectivity index (χ2v) is 4.08. The van der Waals surface area contributed by atoms with Gasteiger partial charge in [0.05, 0.1) is 12.5 Å². The molecule has 0 unspecified atom stereocenters. The highest BCUT2D eigenvalue weighted by Crippen LogP contribution is 2.13. The van der Waals surface area contributed by atoms with Gasteiger partial charge >= 0.3 is 0 Å². The molecule has 0 aliphatic heterocycles. The van der Waals surface area contributed by atoms with Gasteiger partial charge in [0.1, 0.15) is 0 Å². The van der Waals surface area contributed by atoms with Crippen molar-refractivity contribution in [2.75, 3.05) is 14.1 Å². The Balaban J connectivity index is 2.95. The summed E-state index contributed by atoms with van der Waals surface area (Å²) in [6.45, 7) is 3.08. The van der Waals surface area contributed by atoms with Crippen molar-refractivity contribution in [3.63, 3.8) is 0 Å². The first-order valence-corrected chi connectivity index (χ1v) is 5.29. The molecule has 0 N–H and O–H groups in total. The van der Waals surface area contributed by atoms with Crippen LogP contribution in [0.2, 0.25) is 0 Å². The summed E-state index contributed by atoms with van der Waals surface area (Å²) in [6.07, 6.45) is 1.54. The Labute approximate surface area is 92.1 Å². The smallest absolute Gasteiger partial charge is 0.0669 e. The molecule has 15 heavy (non-hydrogen) atoms. The topological polar surface area (TPSA) is 27.0 Å². The van der Waals surface area contributed by atoms with Crippen LogP contribution in [0.5, 0.6) is 0 Å². The third-order valence-electron chi connectivity index (χ3n) is 2.30. The van der Waals surface area contributed by atoms with Crippen LogP contribution >= 0.6 is 0 Å². The average molecular weight is 202 g/mol. The minimum Gasteiger partial charge on any atom is -0.305 e. The Kier molecular flexibility index (Phi) is 4.33.